The van der Waals surface area contributed by atoms with Crippen LogP contribution in [0.15, 0.2) is 18.7 Å². The van der Waals surface area contributed by atoms with E-state index in [1.165, 1.54) is 12.7 Å². The lowest BCUT2D eigenvalue weighted by molar-refractivity contribution is -0.138. The Kier molecular flexibility index (Phi) is 3.17. The van der Waals surface area contributed by atoms with Crippen molar-refractivity contribution in [2.75, 3.05) is 0 Å². The number of nitrogens with zero attached hydrogens (tertiary/aromatic N) is 2. The standard InChI is InChI=1S/C12H16N2O2/c15-11(16)6-12(4-2-1-3-5-12)10-7-13-9-14-8-10/h7-9H,1-6H2,(H,15,16). The summed E-state index contributed by atoms with van der Waals surface area (Å²) in [7, 11) is 0. The molecule has 1 aromatic rings. The van der Waals surface area contributed by atoms with Gasteiger partial charge in [-0.15, -0.1) is 0 Å². The van der Waals surface area contributed by atoms with Crippen LogP contribution in [0.25, 0.3) is 0 Å². The summed E-state index contributed by atoms with van der Waals surface area (Å²) < 4.78 is 0. The molecule has 1 aliphatic rings. The lowest BCUT2D eigenvalue weighted by Gasteiger charge is -2.36. The lowest BCUT2D eigenvalue weighted by Crippen LogP contribution is -2.32. The highest BCUT2D eigenvalue weighted by atomic mass is 16.4. The predicted octanol–water partition coefficient (Wildman–Crippen LogP) is 2.15. The number of aromatic nitrogens is 2. The first-order chi connectivity index (χ1) is 7.73. The van der Waals surface area contributed by atoms with E-state index in [-0.39, 0.29) is 11.8 Å². The Morgan fingerprint density at radius 1 is 1.25 bits per heavy atom. The summed E-state index contributed by atoms with van der Waals surface area (Å²) in [6.07, 6.45) is 10.5. The summed E-state index contributed by atoms with van der Waals surface area (Å²) in [6.45, 7) is 0. The SMILES string of the molecule is O=C(O)CC1(c2cncnc2)CCCCC1. The second kappa shape index (κ2) is 4.60. The lowest BCUT2D eigenvalue weighted by atomic mass is 9.68. The number of hydrogen-bond donors (Lipinski definition) is 1. The maximum Gasteiger partial charge on any atom is 0.304 e. The third-order valence-electron chi connectivity index (χ3n) is 3.47. The summed E-state index contributed by atoms with van der Waals surface area (Å²) in [6, 6.07) is 0. The molecule has 4 heteroatoms. The number of carboxylic acid groups (broad SMARTS) is 1. The minimum Gasteiger partial charge on any atom is -0.481 e. The number of carboxylic acids is 1. The summed E-state index contributed by atoms with van der Waals surface area (Å²) >= 11 is 0. The van der Waals surface area contributed by atoms with Gasteiger partial charge in [-0.2, -0.15) is 0 Å². The Hall–Kier alpha value is -1.45. The van der Waals surface area contributed by atoms with Crippen LogP contribution in [-0.2, 0) is 10.2 Å². The van der Waals surface area contributed by atoms with Gasteiger partial charge in [0, 0.05) is 17.8 Å². The van der Waals surface area contributed by atoms with Crippen LogP contribution in [0.3, 0.4) is 0 Å². The summed E-state index contributed by atoms with van der Waals surface area (Å²) in [5, 5.41) is 9.05. The van der Waals surface area contributed by atoms with Gasteiger partial charge in [-0.05, 0) is 18.4 Å². The van der Waals surface area contributed by atoms with Crippen LogP contribution in [0.1, 0.15) is 44.1 Å². The van der Waals surface area contributed by atoms with Crippen molar-refractivity contribution in [3.8, 4) is 0 Å². The van der Waals surface area contributed by atoms with Crippen LogP contribution in [0.2, 0.25) is 0 Å². The molecular weight excluding hydrogens is 204 g/mol. The van der Waals surface area contributed by atoms with Crippen molar-refractivity contribution in [1.82, 2.24) is 9.97 Å². The highest BCUT2D eigenvalue weighted by Crippen LogP contribution is 2.41. The highest BCUT2D eigenvalue weighted by molar-refractivity contribution is 5.69. The second-order valence-corrected chi connectivity index (χ2v) is 4.54. The summed E-state index contributed by atoms with van der Waals surface area (Å²) in [4.78, 5) is 19.0. The Morgan fingerprint density at radius 2 is 1.88 bits per heavy atom. The van der Waals surface area contributed by atoms with Crippen molar-refractivity contribution in [2.24, 2.45) is 0 Å². The van der Waals surface area contributed by atoms with Crippen LogP contribution in [-0.4, -0.2) is 21.0 Å². The second-order valence-electron chi connectivity index (χ2n) is 4.54. The van der Waals surface area contributed by atoms with E-state index in [1.54, 1.807) is 12.4 Å². The predicted molar refractivity (Wildman–Crippen MR) is 59.0 cm³/mol. The van der Waals surface area contributed by atoms with E-state index in [4.69, 9.17) is 5.11 Å². The number of rotatable bonds is 3. The van der Waals surface area contributed by atoms with Crippen molar-refractivity contribution in [1.29, 1.82) is 0 Å². The summed E-state index contributed by atoms with van der Waals surface area (Å²) in [5.74, 6) is -0.731. The molecule has 1 N–H and O–H groups in total. The maximum absolute atomic E-state index is 11.0. The molecule has 4 nitrogen and oxygen atoms in total. The number of carbonyl (C=O) groups is 1. The molecule has 0 bridgehead atoms. The molecule has 0 aromatic carbocycles. The van der Waals surface area contributed by atoms with Crippen molar-refractivity contribution in [3.05, 3.63) is 24.3 Å². The van der Waals surface area contributed by atoms with Gasteiger partial charge in [-0.25, -0.2) is 9.97 Å². The molecule has 16 heavy (non-hydrogen) atoms. The third-order valence-corrected chi connectivity index (χ3v) is 3.47. The average Bonchev–Trinajstić information content (AvgIpc) is 2.30. The van der Waals surface area contributed by atoms with Crippen LogP contribution >= 0.6 is 0 Å². The fraction of sp³-hybridized carbons (Fsp3) is 0.583. The quantitative estimate of drug-likeness (QED) is 0.847. The van der Waals surface area contributed by atoms with Crippen molar-refractivity contribution < 1.29 is 9.90 Å². The van der Waals surface area contributed by atoms with Crippen LogP contribution in [0, 0.1) is 0 Å². The molecule has 1 aliphatic carbocycles. The van der Waals surface area contributed by atoms with Crippen molar-refractivity contribution in [2.45, 2.75) is 43.9 Å². The van der Waals surface area contributed by atoms with Crippen LogP contribution in [0.5, 0.6) is 0 Å². The average molecular weight is 220 g/mol. The van der Waals surface area contributed by atoms with Crippen LogP contribution in [0.4, 0.5) is 0 Å². The van der Waals surface area contributed by atoms with E-state index in [0.29, 0.717) is 0 Å². The van der Waals surface area contributed by atoms with E-state index in [2.05, 4.69) is 9.97 Å². The van der Waals surface area contributed by atoms with Crippen molar-refractivity contribution >= 4 is 5.97 Å². The summed E-state index contributed by atoms with van der Waals surface area (Å²) in [5.41, 5.74) is 0.753. The van der Waals surface area contributed by atoms with Gasteiger partial charge in [0.05, 0.1) is 6.42 Å². The monoisotopic (exact) mass is 220 g/mol. The van der Waals surface area contributed by atoms with Gasteiger partial charge in [0.1, 0.15) is 6.33 Å². The minimum atomic E-state index is -0.731. The third kappa shape index (κ3) is 2.21. The molecule has 0 amide bonds. The van der Waals surface area contributed by atoms with E-state index in [1.807, 2.05) is 0 Å². The Morgan fingerprint density at radius 3 is 2.44 bits per heavy atom. The fourth-order valence-electron chi connectivity index (χ4n) is 2.66. The largest absolute Gasteiger partial charge is 0.481 e. The molecular formula is C12H16N2O2. The highest BCUT2D eigenvalue weighted by Gasteiger charge is 2.36. The molecule has 1 aromatic heterocycles. The first-order valence-corrected chi connectivity index (χ1v) is 5.70. The molecule has 2 rings (SSSR count). The van der Waals surface area contributed by atoms with Crippen molar-refractivity contribution in [3.63, 3.8) is 0 Å². The van der Waals surface area contributed by atoms with Gasteiger partial charge in [0.2, 0.25) is 0 Å². The topological polar surface area (TPSA) is 63.1 Å². The zero-order valence-electron chi connectivity index (χ0n) is 9.22. The smallest absolute Gasteiger partial charge is 0.304 e. The fourth-order valence-corrected chi connectivity index (χ4v) is 2.66. The van der Waals surface area contributed by atoms with E-state index >= 15 is 0 Å². The van der Waals surface area contributed by atoms with Gasteiger partial charge in [-0.1, -0.05) is 19.3 Å². The molecule has 0 unspecified atom stereocenters. The van der Waals surface area contributed by atoms with Gasteiger partial charge in [0.15, 0.2) is 0 Å². The van der Waals surface area contributed by atoms with E-state index in [0.717, 1.165) is 31.2 Å². The first-order valence-electron chi connectivity index (χ1n) is 5.70. The Bertz CT molecular complexity index is 359. The molecule has 0 aliphatic heterocycles. The first kappa shape index (κ1) is 11.0. The zero-order chi connectivity index (χ0) is 11.4. The zero-order valence-corrected chi connectivity index (χ0v) is 9.22. The van der Waals surface area contributed by atoms with Gasteiger partial charge >= 0.3 is 5.97 Å². The molecule has 1 fully saturated rings. The molecule has 0 saturated heterocycles. The number of aliphatic carboxylic acids is 1. The van der Waals surface area contributed by atoms with Gasteiger partial charge in [0.25, 0.3) is 0 Å². The Labute approximate surface area is 94.7 Å². The van der Waals surface area contributed by atoms with E-state index in [9.17, 15) is 4.79 Å². The Balaban J connectivity index is 2.29. The maximum atomic E-state index is 11.0. The van der Waals surface area contributed by atoms with Gasteiger partial charge in [-0.3, -0.25) is 4.79 Å². The molecule has 0 atom stereocenters. The molecule has 0 spiro atoms. The molecule has 1 heterocycles. The van der Waals surface area contributed by atoms with E-state index < -0.39 is 5.97 Å². The van der Waals surface area contributed by atoms with Gasteiger partial charge < -0.3 is 5.11 Å². The van der Waals surface area contributed by atoms with Crippen LogP contribution < -0.4 is 0 Å². The number of hydrogen-bond acceptors (Lipinski definition) is 3. The normalized spacial score (nSPS) is 19.2. The molecule has 86 valence electrons. The molecule has 0 radical (unpaired) electrons. The molecule has 1 saturated carbocycles. The minimum absolute atomic E-state index is 0.195.